The summed E-state index contributed by atoms with van der Waals surface area (Å²) in [5, 5.41) is 0. The molecule has 0 saturated heterocycles. The van der Waals surface area contributed by atoms with Crippen LogP contribution in [-0.4, -0.2) is 24.5 Å². The standard InChI is InChI=1S/C21H17N5/c1-14(20-23-16-6-2-3-7-17(16)24-20)26-19-9-5-4-8-18(19)25-21(26)15-10-12-22-13-11-15/h2-14H,1H3,(H,23,24). The molecule has 1 N–H and O–H groups in total. The zero-order valence-corrected chi connectivity index (χ0v) is 14.3. The maximum atomic E-state index is 4.88. The lowest BCUT2D eigenvalue weighted by molar-refractivity contribution is 0.631. The fourth-order valence-electron chi connectivity index (χ4n) is 3.43. The van der Waals surface area contributed by atoms with Crippen LogP contribution in [0.4, 0.5) is 0 Å². The summed E-state index contributed by atoms with van der Waals surface area (Å²) < 4.78 is 2.24. The Labute approximate surface area is 150 Å². The lowest BCUT2D eigenvalue weighted by Gasteiger charge is -2.15. The van der Waals surface area contributed by atoms with Gasteiger partial charge in [-0.05, 0) is 43.3 Å². The fraction of sp³-hybridized carbons (Fsp3) is 0.0952. The minimum Gasteiger partial charge on any atom is -0.340 e. The quantitative estimate of drug-likeness (QED) is 0.523. The van der Waals surface area contributed by atoms with Gasteiger partial charge in [-0.1, -0.05) is 24.3 Å². The van der Waals surface area contributed by atoms with Gasteiger partial charge in [-0.2, -0.15) is 0 Å². The molecule has 5 nitrogen and oxygen atoms in total. The predicted molar refractivity (Wildman–Crippen MR) is 103 cm³/mol. The van der Waals surface area contributed by atoms with E-state index in [0.717, 1.165) is 39.3 Å². The number of hydrogen-bond acceptors (Lipinski definition) is 3. The Morgan fingerprint density at radius 1 is 0.846 bits per heavy atom. The number of hydrogen-bond donors (Lipinski definition) is 1. The molecule has 0 spiro atoms. The Morgan fingerprint density at radius 3 is 2.38 bits per heavy atom. The third kappa shape index (κ3) is 2.29. The molecular weight excluding hydrogens is 322 g/mol. The summed E-state index contributed by atoms with van der Waals surface area (Å²) in [5.74, 6) is 1.84. The summed E-state index contributed by atoms with van der Waals surface area (Å²) in [4.78, 5) is 17.3. The Morgan fingerprint density at radius 2 is 1.58 bits per heavy atom. The highest BCUT2D eigenvalue weighted by molar-refractivity contribution is 5.81. The molecule has 0 radical (unpaired) electrons. The van der Waals surface area contributed by atoms with E-state index in [1.807, 2.05) is 54.6 Å². The topological polar surface area (TPSA) is 59.4 Å². The van der Waals surface area contributed by atoms with Crippen molar-refractivity contribution in [3.63, 3.8) is 0 Å². The van der Waals surface area contributed by atoms with Crippen molar-refractivity contribution in [1.82, 2.24) is 24.5 Å². The van der Waals surface area contributed by atoms with Gasteiger partial charge in [-0.25, -0.2) is 9.97 Å². The van der Waals surface area contributed by atoms with E-state index in [1.54, 1.807) is 12.4 Å². The van der Waals surface area contributed by atoms with Crippen molar-refractivity contribution in [1.29, 1.82) is 0 Å². The number of nitrogens with one attached hydrogen (secondary N) is 1. The monoisotopic (exact) mass is 339 g/mol. The number of imidazole rings is 2. The lowest BCUT2D eigenvalue weighted by Crippen LogP contribution is -2.10. The molecule has 3 heterocycles. The van der Waals surface area contributed by atoms with Crippen LogP contribution >= 0.6 is 0 Å². The summed E-state index contributed by atoms with van der Waals surface area (Å²) in [7, 11) is 0. The van der Waals surface area contributed by atoms with Gasteiger partial charge >= 0.3 is 0 Å². The Kier molecular flexibility index (Phi) is 3.31. The first-order valence-electron chi connectivity index (χ1n) is 8.63. The first kappa shape index (κ1) is 14.8. The second-order valence-corrected chi connectivity index (χ2v) is 6.35. The van der Waals surface area contributed by atoms with Gasteiger partial charge in [-0.15, -0.1) is 0 Å². The molecule has 1 atom stereocenters. The number of rotatable bonds is 3. The van der Waals surface area contributed by atoms with Crippen molar-refractivity contribution in [2.75, 3.05) is 0 Å². The number of fused-ring (bicyclic) bond motifs is 2. The van der Waals surface area contributed by atoms with E-state index in [9.17, 15) is 0 Å². The number of para-hydroxylation sites is 4. The number of pyridine rings is 1. The summed E-state index contributed by atoms with van der Waals surface area (Å²) in [6.07, 6.45) is 3.59. The van der Waals surface area contributed by atoms with Crippen molar-refractivity contribution in [3.05, 3.63) is 78.9 Å². The first-order valence-corrected chi connectivity index (χ1v) is 8.63. The number of nitrogens with zero attached hydrogens (tertiary/aromatic N) is 4. The molecule has 0 amide bonds. The summed E-state index contributed by atoms with van der Waals surface area (Å²) >= 11 is 0. The van der Waals surface area contributed by atoms with E-state index < -0.39 is 0 Å². The van der Waals surface area contributed by atoms with Crippen molar-refractivity contribution in [2.24, 2.45) is 0 Å². The van der Waals surface area contributed by atoms with E-state index in [1.165, 1.54) is 0 Å². The van der Waals surface area contributed by atoms with Crippen LogP contribution in [0.15, 0.2) is 73.1 Å². The molecule has 1 unspecified atom stereocenters. The highest BCUT2D eigenvalue weighted by Crippen LogP contribution is 2.31. The Balaban J connectivity index is 1.74. The molecule has 0 bridgehead atoms. The van der Waals surface area contributed by atoms with Gasteiger partial charge < -0.3 is 9.55 Å². The molecule has 0 aliphatic heterocycles. The normalized spacial score (nSPS) is 12.7. The smallest absolute Gasteiger partial charge is 0.141 e. The Hall–Kier alpha value is -3.47. The highest BCUT2D eigenvalue weighted by Gasteiger charge is 2.20. The zero-order chi connectivity index (χ0) is 17.5. The van der Waals surface area contributed by atoms with Gasteiger partial charge in [0.1, 0.15) is 11.6 Å². The van der Waals surface area contributed by atoms with E-state index in [2.05, 4.69) is 27.5 Å². The molecule has 5 heteroatoms. The summed E-state index contributed by atoms with van der Waals surface area (Å²) in [6.45, 7) is 2.15. The molecule has 0 fully saturated rings. The number of aromatic nitrogens is 5. The highest BCUT2D eigenvalue weighted by atomic mass is 15.1. The molecule has 5 rings (SSSR count). The van der Waals surface area contributed by atoms with E-state index >= 15 is 0 Å². The van der Waals surface area contributed by atoms with Crippen LogP contribution in [0.5, 0.6) is 0 Å². The van der Waals surface area contributed by atoms with E-state index in [0.29, 0.717) is 0 Å². The molecule has 26 heavy (non-hydrogen) atoms. The van der Waals surface area contributed by atoms with Gasteiger partial charge in [-0.3, -0.25) is 4.98 Å². The molecular formula is C21H17N5. The second-order valence-electron chi connectivity index (χ2n) is 6.35. The maximum absolute atomic E-state index is 4.88. The van der Waals surface area contributed by atoms with Gasteiger partial charge in [0.05, 0.1) is 28.1 Å². The van der Waals surface area contributed by atoms with E-state index in [-0.39, 0.29) is 6.04 Å². The van der Waals surface area contributed by atoms with Gasteiger partial charge in [0.15, 0.2) is 0 Å². The predicted octanol–water partition coefficient (Wildman–Crippen LogP) is 4.58. The summed E-state index contributed by atoms with van der Waals surface area (Å²) in [5.41, 5.74) is 5.13. The minimum absolute atomic E-state index is 0.0120. The molecule has 3 aromatic heterocycles. The number of H-pyrrole nitrogens is 1. The zero-order valence-electron chi connectivity index (χ0n) is 14.3. The minimum atomic E-state index is 0.0120. The average molecular weight is 339 g/mol. The van der Waals surface area contributed by atoms with Crippen LogP contribution < -0.4 is 0 Å². The maximum Gasteiger partial charge on any atom is 0.141 e. The first-order chi connectivity index (χ1) is 12.8. The van der Waals surface area contributed by atoms with Crippen molar-refractivity contribution < 1.29 is 0 Å². The van der Waals surface area contributed by atoms with Crippen molar-refractivity contribution >= 4 is 22.1 Å². The molecule has 0 aliphatic rings. The SMILES string of the molecule is CC(c1nc2ccccc2[nH]1)n1c(-c2ccncc2)nc2ccccc21. The molecule has 0 saturated carbocycles. The van der Waals surface area contributed by atoms with Gasteiger partial charge in [0.25, 0.3) is 0 Å². The second kappa shape index (κ2) is 5.81. The van der Waals surface area contributed by atoms with Crippen LogP contribution in [0, 0.1) is 0 Å². The van der Waals surface area contributed by atoms with Gasteiger partial charge in [0.2, 0.25) is 0 Å². The molecule has 126 valence electrons. The fourth-order valence-corrected chi connectivity index (χ4v) is 3.43. The molecule has 2 aromatic carbocycles. The third-order valence-corrected chi connectivity index (χ3v) is 4.73. The number of benzene rings is 2. The van der Waals surface area contributed by atoms with Crippen molar-refractivity contribution in [2.45, 2.75) is 13.0 Å². The van der Waals surface area contributed by atoms with Crippen LogP contribution in [0.3, 0.4) is 0 Å². The third-order valence-electron chi connectivity index (χ3n) is 4.73. The van der Waals surface area contributed by atoms with E-state index in [4.69, 9.17) is 9.97 Å². The number of aromatic amines is 1. The average Bonchev–Trinajstić information content (AvgIpc) is 3.30. The van der Waals surface area contributed by atoms with Gasteiger partial charge in [0, 0.05) is 18.0 Å². The van der Waals surface area contributed by atoms with Crippen LogP contribution in [0.25, 0.3) is 33.5 Å². The van der Waals surface area contributed by atoms with Crippen LogP contribution in [-0.2, 0) is 0 Å². The summed E-state index contributed by atoms with van der Waals surface area (Å²) in [6, 6.07) is 20.3. The lowest BCUT2D eigenvalue weighted by atomic mass is 10.2. The molecule has 5 aromatic rings. The largest absolute Gasteiger partial charge is 0.340 e. The van der Waals surface area contributed by atoms with Crippen LogP contribution in [0.2, 0.25) is 0 Å². The Bertz CT molecular complexity index is 1170. The van der Waals surface area contributed by atoms with Crippen LogP contribution in [0.1, 0.15) is 18.8 Å². The van der Waals surface area contributed by atoms with Crippen molar-refractivity contribution in [3.8, 4) is 11.4 Å². The molecule has 0 aliphatic carbocycles.